The fourth-order valence-electron chi connectivity index (χ4n) is 4.44. The second-order valence-corrected chi connectivity index (χ2v) is 8.19. The van der Waals surface area contributed by atoms with Crippen LogP contribution in [-0.2, 0) is 20.8 Å². The first-order valence-electron chi connectivity index (χ1n) is 10.8. The molecule has 6 rings (SSSR count). The number of nitrogens with zero attached hydrogens (tertiary/aromatic N) is 6. The number of rotatable bonds is 4. The zero-order valence-electron chi connectivity index (χ0n) is 17.5. The number of ether oxygens (including phenoxy) is 3. The van der Waals surface area contributed by atoms with E-state index in [-0.39, 0.29) is 12.5 Å². The van der Waals surface area contributed by atoms with E-state index in [1.54, 1.807) is 0 Å². The molecule has 2 unspecified atom stereocenters. The van der Waals surface area contributed by atoms with Gasteiger partial charge in [-0.25, -0.2) is 4.68 Å². The van der Waals surface area contributed by atoms with Gasteiger partial charge in [0.05, 0.1) is 25.3 Å². The molecule has 2 fully saturated rings. The Morgan fingerprint density at radius 2 is 2.00 bits per heavy atom. The van der Waals surface area contributed by atoms with Gasteiger partial charge in [0.25, 0.3) is 0 Å². The predicted molar refractivity (Wildman–Crippen MR) is 115 cm³/mol. The summed E-state index contributed by atoms with van der Waals surface area (Å²) in [7, 11) is 0. The van der Waals surface area contributed by atoms with Gasteiger partial charge in [0.1, 0.15) is 5.52 Å². The van der Waals surface area contributed by atoms with Crippen molar-refractivity contribution in [3.63, 3.8) is 0 Å². The van der Waals surface area contributed by atoms with Gasteiger partial charge in [-0.2, -0.15) is 0 Å². The van der Waals surface area contributed by atoms with Crippen LogP contribution in [0, 0.1) is 6.92 Å². The topological polar surface area (TPSA) is 79.0 Å². The quantitative estimate of drug-likeness (QED) is 0.637. The van der Waals surface area contributed by atoms with Gasteiger partial charge in [-0.1, -0.05) is 23.4 Å². The maximum absolute atomic E-state index is 6.03. The number of benzene rings is 2. The van der Waals surface area contributed by atoms with Crippen molar-refractivity contribution >= 4 is 22.4 Å². The van der Waals surface area contributed by atoms with Crippen molar-refractivity contribution in [1.29, 1.82) is 0 Å². The molecule has 4 heterocycles. The van der Waals surface area contributed by atoms with Crippen LogP contribution in [-0.4, -0.2) is 52.8 Å². The Labute approximate surface area is 180 Å². The zero-order chi connectivity index (χ0) is 20.8. The summed E-state index contributed by atoms with van der Waals surface area (Å²) in [5.74, 6) is 0. The van der Waals surface area contributed by atoms with Crippen LogP contribution in [0.15, 0.2) is 36.4 Å². The largest absolute Gasteiger partial charge is 0.599 e. The summed E-state index contributed by atoms with van der Waals surface area (Å²) in [5, 5.41) is 12.7. The van der Waals surface area contributed by atoms with Crippen LogP contribution in [0.2, 0.25) is 0 Å². The Kier molecular flexibility index (Phi) is 4.76. The molecule has 3 aliphatic rings. The van der Waals surface area contributed by atoms with E-state index >= 15 is 0 Å². The van der Waals surface area contributed by atoms with Crippen molar-refractivity contribution in [2.75, 3.05) is 31.4 Å². The Morgan fingerprint density at radius 1 is 1.06 bits per heavy atom. The van der Waals surface area contributed by atoms with E-state index in [9.17, 15) is 0 Å². The lowest BCUT2D eigenvalue weighted by atomic mass is 10.2. The SMILES string of the molecule is Cc1ccc2c(c1)N(C1COCCO1)N(Cc1ccc3nnn(C4CCCO4)c3c1)[N-]2. The standard InChI is InChI=1S/C22H25N6O3/c1-15-4-6-18-20(11-15)28(22-14-29-9-10-31-22)26(24-18)13-16-5-7-17-19(12-16)27(25-23-17)21-3-2-8-30-21/h4-7,11-12,21-22H,2-3,8-10,13-14H2,1H3/q-1. The van der Waals surface area contributed by atoms with E-state index in [1.807, 2.05) is 15.9 Å². The van der Waals surface area contributed by atoms with Crippen LogP contribution < -0.4 is 5.01 Å². The molecular formula is C22H25N6O3-. The molecule has 0 bridgehead atoms. The molecular weight excluding hydrogens is 396 g/mol. The normalized spacial score (nSPS) is 24.0. The van der Waals surface area contributed by atoms with Crippen LogP contribution in [0.1, 0.15) is 30.2 Å². The van der Waals surface area contributed by atoms with E-state index in [0.29, 0.717) is 26.4 Å². The van der Waals surface area contributed by atoms with E-state index < -0.39 is 0 Å². The average molecular weight is 421 g/mol. The minimum Gasteiger partial charge on any atom is -0.599 e. The Hall–Kier alpha value is -2.72. The van der Waals surface area contributed by atoms with E-state index in [2.05, 4.69) is 52.6 Å². The minimum absolute atomic E-state index is 0.0340. The average Bonchev–Trinajstić information content (AvgIpc) is 3.52. The Bertz CT molecular complexity index is 1090. The second-order valence-electron chi connectivity index (χ2n) is 8.19. The molecule has 3 aromatic rings. The molecule has 162 valence electrons. The Balaban J connectivity index is 1.32. The monoisotopic (exact) mass is 421 g/mol. The highest BCUT2D eigenvalue weighted by Gasteiger charge is 2.29. The third-order valence-corrected chi connectivity index (χ3v) is 5.96. The molecule has 31 heavy (non-hydrogen) atoms. The number of aromatic nitrogens is 3. The van der Waals surface area contributed by atoms with Crippen LogP contribution in [0.25, 0.3) is 16.5 Å². The molecule has 2 saturated heterocycles. The van der Waals surface area contributed by atoms with Crippen LogP contribution in [0.3, 0.4) is 0 Å². The predicted octanol–water partition coefficient (Wildman–Crippen LogP) is 3.58. The number of hydrogen-bond donors (Lipinski definition) is 0. The van der Waals surface area contributed by atoms with Gasteiger partial charge in [0.15, 0.2) is 12.5 Å². The number of hydrazine groups is 1. The molecule has 0 saturated carbocycles. The van der Waals surface area contributed by atoms with Gasteiger partial charge in [0, 0.05) is 18.8 Å². The highest BCUT2D eigenvalue weighted by atomic mass is 16.6. The maximum atomic E-state index is 6.03. The summed E-state index contributed by atoms with van der Waals surface area (Å²) in [5.41, 5.74) is 11.0. The van der Waals surface area contributed by atoms with Crippen molar-refractivity contribution < 1.29 is 14.2 Å². The smallest absolute Gasteiger partial charge is 0.166 e. The lowest BCUT2D eigenvalue weighted by Gasteiger charge is -2.44. The van der Waals surface area contributed by atoms with Gasteiger partial charge in [0.2, 0.25) is 0 Å². The fourth-order valence-corrected chi connectivity index (χ4v) is 4.44. The molecule has 2 atom stereocenters. The van der Waals surface area contributed by atoms with Gasteiger partial charge < -0.3 is 19.6 Å². The van der Waals surface area contributed by atoms with E-state index in [4.69, 9.17) is 19.6 Å². The first-order valence-corrected chi connectivity index (χ1v) is 10.8. The third-order valence-electron chi connectivity index (χ3n) is 5.96. The molecule has 0 N–H and O–H groups in total. The first kappa shape index (κ1) is 19.0. The zero-order valence-corrected chi connectivity index (χ0v) is 17.5. The van der Waals surface area contributed by atoms with Crippen molar-refractivity contribution in [3.05, 3.63) is 53.0 Å². The van der Waals surface area contributed by atoms with Gasteiger partial charge >= 0.3 is 0 Å². The van der Waals surface area contributed by atoms with Crippen LogP contribution in [0.4, 0.5) is 11.4 Å². The van der Waals surface area contributed by atoms with Gasteiger partial charge in [-0.15, -0.1) is 10.8 Å². The lowest BCUT2D eigenvalue weighted by Crippen LogP contribution is -2.49. The summed E-state index contributed by atoms with van der Waals surface area (Å²) < 4.78 is 19.4. The van der Waals surface area contributed by atoms with Crippen molar-refractivity contribution in [1.82, 2.24) is 20.1 Å². The van der Waals surface area contributed by atoms with Crippen molar-refractivity contribution in [3.8, 4) is 0 Å². The van der Waals surface area contributed by atoms with E-state index in [0.717, 1.165) is 47.4 Å². The number of aryl methyl sites for hydroxylation is 1. The number of hydrogen-bond acceptors (Lipinski definition) is 7. The van der Waals surface area contributed by atoms with Crippen LogP contribution in [0.5, 0.6) is 0 Å². The maximum Gasteiger partial charge on any atom is 0.166 e. The molecule has 9 heteroatoms. The lowest BCUT2D eigenvalue weighted by molar-refractivity contribution is -0.102. The second kappa shape index (κ2) is 7.76. The summed E-state index contributed by atoms with van der Waals surface area (Å²) in [4.78, 5) is 0. The number of fused-ring (bicyclic) bond motifs is 2. The minimum atomic E-state index is -0.205. The molecule has 0 aliphatic carbocycles. The molecule has 3 aliphatic heterocycles. The molecule has 2 aromatic carbocycles. The Morgan fingerprint density at radius 3 is 2.84 bits per heavy atom. The summed E-state index contributed by atoms with van der Waals surface area (Å²) in [6.45, 7) is 5.17. The summed E-state index contributed by atoms with van der Waals surface area (Å²) >= 11 is 0. The first-order chi connectivity index (χ1) is 15.3. The summed E-state index contributed by atoms with van der Waals surface area (Å²) in [6.07, 6.45) is 1.77. The van der Waals surface area contributed by atoms with Gasteiger partial charge in [-0.3, -0.25) is 10.1 Å². The molecule has 1 aromatic heterocycles. The summed E-state index contributed by atoms with van der Waals surface area (Å²) in [6, 6.07) is 12.5. The molecule has 0 spiro atoms. The van der Waals surface area contributed by atoms with Gasteiger partial charge in [-0.05, 0) is 49.1 Å². The highest BCUT2D eigenvalue weighted by Crippen LogP contribution is 2.44. The molecule has 9 nitrogen and oxygen atoms in total. The van der Waals surface area contributed by atoms with Crippen molar-refractivity contribution in [2.24, 2.45) is 0 Å². The van der Waals surface area contributed by atoms with Crippen molar-refractivity contribution in [2.45, 2.75) is 38.8 Å². The van der Waals surface area contributed by atoms with E-state index in [1.165, 1.54) is 5.56 Å². The number of anilines is 1. The highest BCUT2D eigenvalue weighted by molar-refractivity contribution is 5.77. The fraction of sp³-hybridized carbons (Fsp3) is 0.455. The third kappa shape index (κ3) is 3.43. The van der Waals surface area contributed by atoms with Crippen LogP contribution >= 0.6 is 0 Å². The molecule has 0 radical (unpaired) electrons. The molecule has 0 amide bonds.